The van der Waals surface area contributed by atoms with Crippen LogP contribution in [0.2, 0.25) is 0 Å². The Hall–Kier alpha value is -0.940. The predicted molar refractivity (Wildman–Crippen MR) is 67.1 cm³/mol. The fourth-order valence-electron chi connectivity index (χ4n) is 1.93. The molecule has 1 aliphatic rings. The summed E-state index contributed by atoms with van der Waals surface area (Å²) < 4.78 is 11.3. The second-order valence-corrected chi connectivity index (χ2v) is 5.57. The third-order valence-electron chi connectivity index (χ3n) is 2.76. The van der Waals surface area contributed by atoms with Crippen molar-refractivity contribution in [2.24, 2.45) is 0 Å². The number of rotatable bonds is 3. The highest BCUT2D eigenvalue weighted by atomic mass is 32.2. The van der Waals surface area contributed by atoms with Gasteiger partial charge in [-0.1, -0.05) is 0 Å². The summed E-state index contributed by atoms with van der Waals surface area (Å²) in [4.78, 5) is 6.45. The molecular formula is C11H17N3OS. The second kappa shape index (κ2) is 5.41. The SMILES string of the molecule is CNCc1cnccc1N1CCS(=O)CC1. The fourth-order valence-corrected chi connectivity index (χ4v) is 2.99. The Morgan fingerprint density at radius 3 is 2.94 bits per heavy atom. The smallest absolute Gasteiger partial charge is 0.0443 e. The molecule has 0 amide bonds. The molecule has 2 heterocycles. The van der Waals surface area contributed by atoms with E-state index in [0.717, 1.165) is 31.1 Å². The molecule has 0 atom stereocenters. The lowest BCUT2D eigenvalue weighted by Crippen LogP contribution is -2.38. The molecule has 1 aliphatic heterocycles. The van der Waals surface area contributed by atoms with Crippen LogP contribution in [-0.4, -0.2) is 40.8 Å². The Kier molecular flexibility index (Phi) is 3.90. The summed E-state index contributed by atoms with van der Waals surface area (Å²) in [5, 5.41) is 3.15. The molecule has 0 saturated carbocycles. The third-order valence-corrected chi connectivity index (χ3v) is 4.04. The van der Waals surface area contributed by atoms with E-state index in [2.05, 4.69) is 15.2 Å². The third kappa shape index (κ3) is 2.59. The van der Waals surface area contributed by atoms with Gasteiger partial charge >= 0.3 is 0 Å². The molecule has 0 aliphatic carbocycles. The van der Waals surface area contributed by atoms with Crippen molar-refractivity contribution in [2.45, 2.75) is 6.54 Å². The summed E-state index contributed by atoms with van der Waals surface area (Å²) in [5.41, 5.74) is 2.43. The van der Waals surface area contributed by atoms with Gasteiger partial charge in [-0.05, 0) is 13.1 Å². The van der Waals surface area contributed by atoms with E-state index in [-0.39, 0.29) is 0 Å². The van der Waals surface area contributed by atoms with Crippen LogP contribution in [0.25, 0.3) is 0 Å². The molecule has 0 aromatic carbocycles. The van der Waals surface area contributed by atoms with E-state index in [1.54, 1.807) is 0 Å². The van der Waals surface area contributed by atoms with Gasteiger partial charge in [0.1, 0.15) is 0 Å². The fraction of sp³-hybridized carbons (Fsp3) is 0.545. The summed E-state index contributed by atoms with van der Waals surface area (Å²) in [5.74, 6) is 1.56. The topological polar surface area (TPSA) is 45.2 Å². The minimum absolute atomic E-state index is 0.618. The summed E-state index contributed by atoms with van der Waals surface area (Å²) in [6, 6.07) is 2.04. The number of pyridine rings is 1. The number of nitrogens with zero attached hydrogens (tertiary/aromatic N) is 2. The maximum atomic E-state index is 11.3. The van der Waals surface area contributed by atoms with E-state index in [0.29, 0.717) is 0 Å². The number of hydrogen-bond acceptors (Lipinski definition) is 4. The molecule has 1 aromatic heterocycles. The van der Waals surface area contributed by atoms with Crippen LogP contribution in [0.15, 0.2) is 18.5 Å². The molecule has 1 N–H and O–H groups in total. The number of aromatic nitrogens is 1. The van der Waals surface area contributed by atoms with Gasteiger partial charge in [0.25, 0.3) is 0 Å². The molecule has 0 spiro atoms. The minimum atomic E-state index is -0.618. The average Bonchev–Trinajstić information content (AvgIpc) is 2.32. The first-order chi connectivity index (χ1) is 7.81. The van der Waals surface area contributed by atoms with Gasteiger partial charge < -0.3 is 10.2 Å². The van der Waals surface area contributed by atoms with Crippen molar-refractivity contribution < 1.29 is 4.21 Å². The monoisotopic (exact) mass is 239 g/mol. The molecule has 0 radical (unpaired) electrons. The highest BCUT2D eigenvalue weighted by Gasteiger charge is 2.17. The van der Waals surface area contributed by atoms with Crippen LogP contribution in [-0.2, 0) is 17.3 Å². The van der Waals surface area contributed by atoms with Gasteiger partial charge in [0.15, 0.2) is 0 Å². The van der Waals surface area contributed by atoms with Crippen molar-refractivity contribution in [3.05, 3.63) is 24.0 Å². The minimum Gasteiger partial charge on any atom is -0.369 e. The predicted octanol–water partition coefficient (Wildman–Crippen LogP) is 0.370. The Morgan fingerprint density at radius 2 is 2.25 bits per heavy atom. The first-order valence-corrected chi connectivity index (χ1v) is 6.97. The van der Waals surface area contributed by atoms with Gasteiger partial charge in [-0.3, -0.25) is 9.19 Å². The van der Waals surface area contributed by atoms with Crippen molar-refractivity contribution in [1.29, 1.82) is 0 Å². The van der Waals surface area contributed by atoms with Crippen LogP contribution in [0, 0.1) is 0 Å². The molecule has 5 heteroatoms. The van der Waals surface area contributed by atoms with Gasteiger partial charge in [0.05, 0.1) is 0 Å². The Balaban J connectivity index is 2.16. The standard InChI is InChI=1S/C11H17N3OS/c1-12-8-10-9-13-3-2-11(10)14-4-6-16(15)7-5-14/h2-3,9,12H,4-8H2,1H3. The molecule has 2 rings (SSSR count). The van der Waals surface area contributed by atoms with Crippen LogP contribution in [0.3, 0.4) is 0 Å². The van der Waals surface area contributed by atoms with Crippen LogP contribution >= 0.6 is 0 Å². The Morgan fingerprint density at radius 1 is 1.50 bits per heavy atom. The lowest BCUT2D eigenvalue weighted by Gasteiger charge is -2.30. The molecular weight excluding hydrogens is 222 g/mol. The molecule has 4 nitrogen and oxygen atoms in total. The first kappa shape index (κ1) is 11.5. The Bertz CT molecular complexity index is 373. The van der Waals surface area contributed by atoms with Crippen molar-refractivity contribution in [2.75, 3.05) is 36.5 Å². The molecule has 1 saturated heterocycles. The van der Waals surface area contributed by atoms with Gasteiger partial charge in [-0.2, -0.15) is 0 Å². The molecule has 16 heavy (non-hydrogen) atoms. The van der Waals surface area contributed by atoms with Crippen molar-refractivity contribution >= 4 is 16.5 Å². The van der Waals surface area contributed by atoms with E-state index in [9.17, 15) is 4.21 Å². The van der Waals surface area contributed by atoms with Crippen molar-refractivity contribution in [3.8, 4) is 0 Å². The Labute approximate surface area is 98.5 Å². The highest BCUT2D eigenvalue weighted by molar-refractivity contribution is 7.85. The van der Waals surface area contributed by atoms with E-state index in [4.69, 9.17) is 0 Å². The van der Waals surface area contributed by atoms with Crippen LogP contribution < -0.4 is 10.2 Å². The van der Waals surface area contributed by atoms with E-state index < -0.39 is 10.8 Å². The summed E-state index contributed by atoms with van der Waals surface area (Å²) >= 11 is 0. The summed E-state index contributed by atoms with van der Waals surface area (Å²) in [6.07, 6.45) is 3.72. The number of anilines is 1. The largest absolute Gasteiger partial charge is 0.369 e. The molecule has 0 unspecified atom stereocenters. The van der Waals surface area contributed by atoms with Crippen LogP contribution in [0.5, 0.6) is 0 Å². The van der Waals surface area contributed by atoms with Crippen LogP contribution in [0.1, 0.15) is 5.56 Å². The van der Waals surface area contributed by atoms with Gasteiger partial charge in [-0.15, -0.1) is 0 Å². The average molecular weight is 239 g/mol. The quantitative estimate of drug-likeness (QED) is 0.828. The zero-order chi connectivity index (χ0) is 11.4. The van der Waals surface area contributed by atoms with Gasteiger partial charge in [0.2, 0.25) is 0 Å². The lowest BCUT2D eigenvalue weighted by atomic mass is 10.2. The second-order valence-electron chi connectivity index (χ2n) is 3.87. The maximum absolute atomic E-state index is 11.3. The number of nitrogens with one attached hydrogen (secondary N) is 1. The first-order valence-electron chi connectivity index (χ1n) is 5.48. The highest BCUT2D eigenvalue weighted by Crippen LogP contribution is 2.20. The maximum Gasteiger partial charge on any atom is 0.0443 e. The van der Waals surface area contributed by atoms with Crippen LogP contribution in [0.4, 0.5) is 5.69 Å². The van der Waals surface area contributed by atoms with E-state index in [1.807, 2.05) is 25.5 Å². The van der Waals surface area contributed by atoms with E-state index in [1.165, 1.54) is 11.3 Å². The zero-order valence-electron chi connectivity index (χ0n) is 9.48. The van der Waals surface area contributed by atoms with Gasteiger partial charge in [-0.25, -0.2) is 0 Å². The molecule has 88 valence electrons. The summed E-state index contributed by atoms with van der Waals surface area (Å²) in [6.45, 7) is 2.59. The molecule has 0 bridgehead atoms. The normalized spacial score (nSPS) is 17.7. The van der Waals surface area contributed by atoms with Gasteiger partial charge in [0, 0.05) is 65.6 Å². The lowest BCUT2D eigenvalue weighted by molar-refractivity contribution is 0.672. The van der Waals surface area contributed by atoms with Crippen molar-refractivity contribution in [3.63, 3.8) is 0 Å². The van der Waals surface area contributed by atoms with E-state index >= 15 is 0 Å². The zero-order valence-corrected chi connectivity index (χ0v) is 10.3. The van der Waals surface area contributed by atoms with Crippen molar-refractivity contribution in [1.82, 2.24) is 10.3 Å². The molecule has 1 aromatic rings. The summed E-state index contributed by atoms with van der Waals surface area (Å²) in [7, 11) is 1.31. The number of hydrogen-bond donors (Lipinski definition) is 1. The molecule has 1 fully saturated rings.